The molecular weight excluding hydrogens is 381 g/mol. The molecule has 1 atom stereocenters. The number of nitrogens with zero attached hydrogens (tertiary/aromatic N) is 5. The van der Waals surface area contributed by atoms with Gasteiger partial charge in [0.1, 0.15) is 12.1 Å². The van der Waals surface area contributed by atoms with Gasteiger partial charge in [-0.25, -0.2) is 14.0 Å². The molecule has 144 valence electrons. The third-order valence-electron chi connectivity index (χ3n) is 3.94. The lowest BCUT2D eigenvalue weighted by atomic mass is 10.0. The van der Waals surface area contributed by atoms with Gasteiger partial charge >= 0.3 is 6.18 Å². The lowest BCUT2D eigenvalue weighted by Crippen LogP contribution is -2.22. The van der Waals surface area contributed by atoms with Gasteiger partial charge in [-0.1, -0.05) is 12.1 Å². The zero-order chi connectivity index (χ0) is 20.0. The molecule has 0 aliphatic rings. The molecule has 0 aliphatic heterocycles. The Kier molecular flexibility index (Phi) is 4.58. The molecule has 3 aromatic rings. The summed E-state index contributed by atoms with van der Waals surface area (Å²) in [5.74, 6) is 0.0960. The molecule has 0 saturated heterocycles. The van der Waals surface area contributed by atoms with Crippen molar-refractivity contribution in [3.05, 3.63) is 47.4 Å². The van der Waals surface area contributed by atoms with Gasteiger partial charge in [0.2, 0.25) is 0 Å². The van der Waals surface area contributed by atoms with Crippen LogP contribution >= 0.6 is 0 Å². The Morgan fingerprint density at radius 1 is 1.22 bits per heavy atom. The Labute approximate surface area is 153 Å². The van der Waals surface area contributed by atoms with Gasteiger partial charge in [-0.15, -0.1) is 0 Å². The number of halogens is 3. The molecule has 3 rings (SSSR count). The molecule has 7 nitrogen and oxygen atoms in total. The molecule has 0 spiro atoms. The average Bonchev–Trinajstić information content (AvgIpc) is 3.00. The number of hydrogen-bond acceptors (Lipinski definition) is 6. The molecular formula is C16H17F3N6OS. The number of anilines is 1. The molecule has 0 aliphatic carbocycles. The molecule has 0 radical (unpaired) electrons. The minimum absolute atomic E-state index is 0.0404. The van der Waals surface area contributed by atoms with Gasteiger partial charge in [0.15, 0.2) is 5.69 Å². The summed E-state index contributed by atoms with van der Waals surface area (Å²) in [6.45, 7) is 0. The van der Waals surface area contributed by atoms with Crippen molar-refractivity contribution >= 4 is 21.3 Å². The van der Waals surface area contributed by atoms with E-state index < -0.39 is 21.6 Å². The summed E-state index contributed by atoms with van der Waals surface area (Å²) >= 11 is 0. The van der Waals surface area contributed by atoms with Crippen molar-refractivity contribution in [1.29, 1.82) is 4.78 Å². The van der Waals surface area contributed by atoms with Gasteiger partial charge in [-0.2, -0.15) is 27.8 Å². The quantitative estimate of drug-likeness (QED) is 0.730. The second-order valence-electron chi connectivity index (χ2n) is 6.29. The molecule has 0 amide bonds. The summed E-state index contributed by atoms with van der Waals surface area (Å²) in [6, 6.07) is 6.12. The monoisotopic (exact) mass is 398 g/mol. The second-order valence-corrected chi connectivity index (χ2v) is 8.45. The van der Waals surface area contributed by atoms with E-state index >= 15 is 0 Å². The van der Waals surface area contributed by atoms with Crippen LogP contribution in [0.5, 0.6) is 0 Å². The zero-order valence-electron chi connectivity index (χ0n) is 14.8. The van der Waals surface area contributed by atoms with Crippen molar-refractivity contribution in [2.45, 2.75) is 17.5 Å². The number of fused-ring (bicyclic) bond motifs is 1. The van der Waals surface area contributed by atoms with Gasteiger partial charge in [0.05, 0.1) is 9.73 Å². The van der Waals surface area contributed by atoms with Crippen LogP contribution in [0.3, 0.4) is 0 Å². The Morgan fingerprint density at radius 2 is 1.85 bits per heavy atom. The van der Waals surface area contributed by atoms with E-state index in [9.17, 15) is 17.4 Å². The Morgan fingerprint density at radius 3 is 2.37 bits per heavy atom. The van der Waals surface area contributed by atoms with E-state index in [0.717, 1.165) is 6.33 Å². The van der Waals surface area contributed by atoms with E-state index in [2.05, 4.69) is 15.1 Å². The summed E-state index contributed by atoms with van der Waals surface area (Å²) < 4.78 is 61.6. The first kappa shape index (κ1) is 19.1. The first-order valence-corrected chi connectivity index (χ1v) is 9.75. The van der Waals surface area contributed by atoms with Crippen molar-refractivity contribution in [3.63, 3.8) is 0 Å². The van der Waals surface area contributed by atoms with Crippen molar-refractivity contribution in [2.24, 2.45) is 0 Å². The Balaban J connectivity index is 2.18. The van der Waals surface area contributed by atoms with E-state index in [-0.39, 0.29) is 23.6 Å². The number of hydrogen-bond donors (Lipinski definition) is 1. The van der Waals surface area contributed by atoms with Crippen LogP contribution < -0.4 is 4.90 Å². The fourth-order valence-electron chi connectivity index (χ4n) is 2.79. The number of benzene rings is 1. The van der Waals surface area contributed by atoms with Gasteiger partial charge in [-0.05, 0) is 17.7 Å². The van der Waals surface area contributed by atoms with Crippen molar-refractivity contribution in [2.75, 3.05) is 25.3 Å². The molecule has 1 unspecified atom stereocenters. The van der Waals surface area contributed by atoms with Crippen LogP contribution in [-0.2, 0) is 22.3 Å². The minimum atomic E-state index is -4.66. The third kappa shape index (κ3) is 3.72. The zero-order valence-corrected chi connectivity index (χ0v) is 15.6. The first-order chi connectivity index (χ1) is 12.5. The third-order valence-corrected chi connectivity index (χ3v) is 5.12. The van der Waals surface area contributed by atoms with Crippen molar-refractivity contribution in [3.8, 4) is 0 Å². The fourth-order valence-corrected chi connectivity index (χ4v) is 3.45. The normalized spacial score (nSPS) is 14.3. The van der Waals surface area contributed by atoms with Crippen LogP contribution in [0.15, 0.2) is 35.5 Å². The summed E-state index contributed by atoms with van der Waals surface area (Å²) in [5, 5.41) is 3.98. The number of nitrogens with one attached hydrogen (secondary N) is 1. The highest BCUT2D eigenvalue weighted by atomic mass is 32.2. The average molecular weight is 398 g/mol. The smallest absolute Gasteiger partial charge is 0.362 e. The van der Waals surface area contributed by atoms with Crippen LogP contribution in [-0.4, -0.2) is 44.1 Å². The predicted octanol–water partition coefficient (Wildman–Crippen LogP) is 2.84. The highest BCUT2D eigenvalue weighted by Crippen LogP contribution is 2.36. The molecule has 2 heterocycles. The standard InChI is InChI=1S/C16H17F3N6OS/c1-24(2)14-12(8-10-4-6-11(7-5-10)27(3,20)26)13(16(17,18)19)23-15-21-9-22-25(14)15/h4-7,9,20H,8H2,1-3H3. The largest absolute Gasteiger partial charge is 0.433 e. The molecule has 2 aromatic heterocycles. The summed E-state index contributed by atoms with van der Waals surface area (Å²) in [7, 11) is 0.351. The highest BCUT2D eigenvalue weighted by Gasteiger charge is 2.38. The van der Waals surface area contributed by atoms with Crippen molar-refractivity contribution < 1.29 is 17.4 Å². The Bertz CT molecular complexity index is 1090. The number of alkyl halides is 3. The molecule has 0 saturated carbocycles. The van der Waals surface area contributed by atoms with Crippen LogP contribution in [0.1, 0.15) is 16.8 Å². The molecule has 1 aromatic carbocycles. The van der Waals surface area contributed by atoms with E-state index in [1.165, 1.54) is 27.8 Å². The van der Waals surface area contributed by atoms with E-state index in [1.54, 1.807) is 26.2 Å². The highest BCUT2D eigenvalue weighted by molar-refractivity contribution is 7.91. The molecule has 0 fully saturated rings. The van der Waals surface area contributed by atoms with Crippen LogP contribution in [0.4, 0.5) is 19.0 Å². The number of aromatic nitrogens is 4. The summed E-state index contributed by atoms with van der Waals surface area (Å²) in [4.78, 5) is 9.30. The summed E-state index contributed by atoms with van der Waals surface area (Å²) in [5.41, 5.74) is -0.492. The van der Waals surface area contributed by atoms with E-state index in [0.29, 0.717) is 10.5 Å². The first-order valence-electron chi connectivity index (χ1n) is 7.78. The molecule has 27 heavy (non-hydrogen) atoms. The van der Waals surface area contributed by atoms with E-state index in [1.807, 2.05) is 0 Å². The summed E-state index contributed by atoms with van der Waals surface area (Å²) in [6.07, 6.45) is -2.28. The van der Waals surface area contributed by atoms with Crippen LogP contribution in [0, 0.1) is 4.78 Å². The predicted molar refractivity (Wildman–Crippen MR) is 94.4 cm³/mol. The SMILES string of the molecule is CN(C)c1c(Cc2ccc(S(C)(=N)=O)cc2)c(C(F)(F)F)nc2ncnn12. The van der Waals surface area contributed by atoms with E-state index in [4.69, 9.17) is 4.78 Å². The maximum absolute atomic E-state index is 13.6. The van der Waals surface area contributed by atoms with Crippen molar-refractivity contribution in [1.82, 2.24) is 19.6 Å². The van der Waals surface area contributed by atoms with Crippen LogP contribution in [0.2, 0.25) is 0 Å². The van der Waals surface area contributed by atoms with Gasteiger partial charge in [0.25, 0.3) is 5.78 Å². The maximum Gasteiger partial charge on any atom is 0.433 e. The number of rotatable bonds is 4. The van der Waals surface area contributed by atoms with Crippen LogP contribution in [0.25, 0.3) is 5.78 Å². The molecule has 11 heteroatoms. The Hall–Kier alpha value is -2.69. The topological polar surface area (TPSA) is 87.2 Å². The minimum Gasteiger partial charge on any atom is -0.362 e. The maximum atomic E-state index is 13.6. The van der Waals surface area contributed by atoms with Gasteiger partial charge in [-0.3, -0.25) is 0 Å². The fraction of sp³-hybridized carbons (Fsp3) is 0.312. The lowest BCUT2D eigenvalue weighted by molar-refractivity contribution is -0.141. The lowest BCUT2D eigenvalue weighted by Gasteiger charge is -2.21. The van der Waals surface area contributed by atoms with Gasteiger partial charge in [0, 0.05) is 37.2 Å². The molecule has 0 bridgehead atoms. The second kappa shape index (κ2) is 6.48. The molecule has 1 N–H and O–H groups in total. The van der Waals surface area contributed by atoms with Gasteiger partial charge < -0.3 is 4.90 Å².